The van der Waals surface area contributed by atoms with E-state index in [9.17, 15) is 9.59 Å². The molecule has 106 valence electrons. The van der Waals surface area contributed by atoms with Crippen LogP contribution in [0.4, 0.5) is 4.79 Å². The van der Waals surface area contributed by atoms with E-state index < -0.39 is 6.09 Å². The first-order chi connectivity index (χ1) is 9.02. The lowest BCUT2D eigenvalue weighted by molar-refractivity contribution is -0.122. The zero-order valence-corrected chi connectivity index (χ0v) is 11.5. The van der Waals surface area contributed by atoms with Gasteiger partial charge in [-0.3, -0.25) is 9.48 Å². The number of hydrogen-bond acceptors (Lipinski definition) is 4. The molecule has 0 aliphatic heterocycles. The van der Waals surface area contributed by atoms with Crippen LogP contribution in [0.3, 0.4) is 0 Å². The molecule has 0 saturated heterocycles. The first-order valence-electron chi connectivity index (χ1n) is 6.17. The molecule has 0 aliphatic carbocycles. The fourth-order valence-corrected chi connectivity index (χ4v) is 1.57. The summed E-state index contributed by atoms with van der Waals surface area (Å²) in [6.07, 6.45) is 3.01. The van der Waals surface area contributed by atoms with Crippen LogP contribution < -0.4 is 5.32 Å². The van der Waals surface area contributed by atoms with Gasteiger partial charge in [-0.2, -0.15) is 5.10 Å². The normalized spacial score (nSPS) is 11.7. The fraction of sp³-hybridized carbons (Fsp3) is 0.583. The van der Waals surface area contributed by atoms with E-state index in [1.54, 1.807) is 17.8 Å². The zero-order valence-electron chi connectivity index (χ0n) is 11.5. The van der Waals surface area contributed by atoms with Gasteiger partial charge in [0.25, 0.3) is 0 Å². The largest absolute Gasteiger partial charge is 0.450 e. The summed E-state index contributed by atoms with van der Waals surface area (Å²) in [6.45, 7) is 4.45. The van der Waals surface area contributed by atoms with Crippen molar-refractivity contribution in [2.24, 2.45) is 0 Å². The van der Waals surface area contributed by atoms with Gasteiger partial charge >= 0.3 is 6.09 Å². The first-order valence-corrected chi connectivity index (χ1v) is 6.17. The number of amides is 2. The summed E-state index contributed by atoms with van der Waals surface area (Å²) in [7, 11) is 1.52. The Labute approximate surface area is 112 Å². The molecule has 0 saturated carbocycles. The van der Waals surface area contributed by atoms with Crippen LogP contribution in [0.5, 0.6) is 0 Å². The summed E-state index contributed by atoms with van der Waals surface area (Å²) < 4.78 is 6.52. The smallest absolute Gasteiger partial charge is 0.409 e. The van der Waals surface area contributed by atoms with Crippen LogP contribution in [0, 0.1) is 0 Å². The average Bonchev–Trinajstić information content (AvgIpc) is 2.81. The Morgan fingerprint density at radius 2 is 2.26 bits per heavy atom. The van der Waals surface area contributed by atoms with E-state index in [-0.39, 0.29) is 18.5 Å². The summed E-state index contributed by atoms with van der Waals surface area (Å²) >= 11 is 0. The molecule has 0 radical (unpaired) electrons. The molecule has 0 spiro atoms. The lowest BCUT2D eigenvalue weighted by atomic mass is 10.3. The highest BCUT2D eigenvalue weighted by atomic mass is 16.6. The second-order valence-electron chi connectivity index (χ2n) is 4.25. The Morgan fingerprint density at radius 1 is 1.53 bits per heavy atom. The maximum atomic E-state index is 11.7. The van der Waals surface area contributed by atoms with Gasteiger partial charge in [0.05, 0.1) is 13.2 Å². The van der Waals surface area contributed by atoms with Gasteiger partial charge in [0.1, 0.15) is 6.54 Å². The Morgan fingerprint density at radius 3 is 2.84 bits per heavy atom. The quantitative estimate of drug-likeness (QED) is 0.814. The molecular weight excluding hydrogens is 248 g/mol. The topological polar surface area (TPSA) is 76.5 Å². The van der Waals surface area contributed by atoms with Gasteiger partial charge in [-0.15, -0.1) is 0 Å². The third-order valence-corrected chi connectivity index (χ3v) is 2.39. The first kappa shape index (κ1) is 15.0. The summed E-state index contributed by atoms with van der Waals surface area (Å²) in [5, 5.41) is 6.85. The lowest BCUT2D eigenvalue weighted by Gasteiger charge is -2.18. The van der Waals surface area contributed by atoms with Gasteiger partial charge in [0, 0.05) is 25.5 Å². The molecule has 1 aromatic rings. The Hall–Kier alpha value is -2.05. The fourth-order valence-electron chi connectivity index (χ4n) is 1.57. The molecule has 1 atom stereocenters. The maximum Gasteiger partial charge on any atom is 0.409 e. The summed E-state index contributed by atoms with van der Waals surface area (Å²) in [5.74, 6) is -0.227. The predicted molar refractivity (Wildman–Crippen MR) is 69.5 cm³/mol. The molecular formula is C12H20N4O3. The number of aromatic nitrogens is 2. The molecule has 0 bridgehead atoms. The van der Waals surface area contributed by atoms with Crippen molar-refractivity contribution in [3.63, 3.8) is 0 Å². The molecule has 1 aromatic heterocycles. The molecule has 1 heterocycles. The van der Waals surface area contributed by atoms with Gasteiger partial charge in [0.15, 0.2) is 0 Å². The monoisotopic (exact) mass is 268 g/mol. The predicted octanol–water partition coefficient (Wildman–Crippen LogP) is 0.476. The van der Waals surface area contributed by atoms with Crippen LogP contribution >= 0.6 is 0 Å². The molecule has 1 rings (SSSR count). The SMILES string of the molecule is CCOC(=O)N(C)CC(=O)N[C@H](C)Cn1cccn1. The summed E-state index contributed by atoms with van der Waals surface area (Å²) in [4.78, 5) is 24.3. The van der Waals surface area contributed by atoms with Crippen molar-refractivity contribution in [2.45, 2.75) is 26.4 Å². The Balaban J connectivity index is 2.32. The van der Waals surface area contributed by atoms with Crippen LogP contribution in [-0.2, 0) is 16.1 Å². The van der Waals surface area contributed by atoms with E-state index in [1.165, 1.54) is 11.9 Å². The molecule has 7 heteroatoms. The third-order valence-electron chi connectivity index (χ3n) is 2.39. The van der Waals surface area contributed by atoms with Gasteiger partial charge in [0.2, 0.25) is 5.91 Å². The van der Waals surface area contributed by atoms with Gasteiger partial charge < -0.3 is 15.0 Å². The zero-order chi connectivity index (χ0) is 14.3. The lowest BCUT2D eigenvalue weighted by Crippen LogP contribution is -2.43. The van der Waals surface area contributed by atoms with Crippen molar-refractivity contribution < 1.29 is 14.3 Å². The van der Waals surface area contributed by atoms with E-state index in [0.717, 1.165) is 0 Å². The molecule has 0 aromatic carbocycles. The van der Waals surface area contributed by atoms with Crippen molar-refractivity contribution in [3.8, 4) is 0 Å². The number of ether oxygens (including phenoxy) is 1. The van der Waals surface area contributed by atoms with E-state index in [1.807, 2.05) is 19.2 Å². The third kappa shape index (κ3) is 5.41. The average molecular weight is 268 g/mol. The van der Waals surface area contributed by atoms with Crippen molar-refractivity contribution in [3.05, 3.63) is 18.5 Å². The highest BCUT2D eigenvalue weighted by Crippen LogP contribution is 1.93. The van der Waals surface area contributed by atoms with Gasteiger partial charge in [-0.05, 0) is 19.9 Å². The minimum Gasteiger partial charge on any atom is -0.450 e. The highest BCUT2D eigenvalue weighted by molar-refractivity contribution is 5.82. The highest BCUT2D eigenvalue weighted by Gasteiger charge is 2.15. The minimum atomic E-state index is -0.502. The Kier molecular flexibility index (Phi) is 5.84. The second kappa shape index (κ2) is 7.40. The number of rotatable bonds is 6. The van der Waals surface area contributed by atoms with Gasteiger partial charge in [-0.25, -0.2) is 4.79 Å². The number of likely N-dealkylation sites (N-methyl/N-ethyl adjacent to an activating group) is 1. The summed E-state index contributed by atoms with van der Waals surface area (Å²) in [6, 6.07) is 1.76. The van der Waals surface area contributed by atoms with E-state index >= 15 is 0 Å². The molecule has 0 aliphatic rings. The number of nitrogens with zero attached hydrogens (tertiary/aromatic N) is 3. The maximum absolute atomic E-state index is 11.7. The number of carbonyl (C=O) groups excluding carboxylic acids is 2. The van der Waals surface area contributed by atoms with E-state index in [0.29, 0.717) is 13.2 Å². The molecule has 2 amide bonds. The number of hydrogen-bond donors (Lipinski definition) is 1. The van der Waals surface area contributed by atoms with Crippen LogP contribution in [0.1, 0.15) is 13.8 Å². The van der Waals surface area contributed by atoms with Crippen molar-refractivity contribution >= 4 is 12.0 Å². The van der Waals surface area contributed by atoms with E-state index in [2.05, 4.69) is 10.4 Å². The van der Waals surface area contributed by atoms with Gasteiger partial charge in [-0.1, -0.05) is 0 Å². The van der Waals surface area contributed by atoms with Crippen LogP contribution in [-0.4, -0.2) is 52.9 Å². The Bertz CT molecular complexity index is 405. The van der Waals surface area contributed by atoms with Crippen LogP contribution in [0.2, 0.25) is 0 Å². The van der Waals surface area contributed by atoms with Crippen molar-refractivity contribution in [2.75, 3.05) is 20.2 Å². The van der Waals surface area contributed by atoms with Crippen LogP contribution in [0.25, 0.3) is 0 Å². The van der Waals surface area contributed by atoms with Crippen LogP contribution in [0.15, 0.2) is 18.5 Å². The van der Waals surface area contributed by atoms with Crippen molar-refractivity contribution in [1.29, 1.82) is 0 Å². The number of carbonyl (C=O) groups is 2. The minimum absolute atomic E-state index is 0.0255. The standard InChI is InChI=1S/C12H20N4O3/c1-4-19-12(18)15(3)9-11(17)14-10(2)8-16-7-5-6-13-16/h5-7,10H,4,8-9H2,1-3H3,(H,14,17)/t10-/m1/s1. The molecule has 1 N–H and O–H groups in total. The molecule has 0 unspecified atom stereocenters. The molecule has 7 nitrogen and oxygen atoms in total. The summed E-state index contributed by atoms with van der Waals surface area (Å²) in [5.41, 5.74) is 0. The number of nitrogens with one attached hydrogen (secondary N) is 1. The van der Waals surface area contributed by atoms with Crippen molar-refractivity contribution in [1.82, 2.24) is 20.0 Å². The second-order valence-corrected chi connectivity index (χ2v) is 4.25. The molecule has 19 heavy (non-hydrogen) atoms. The molecule has 0 fully saturated rings. The van der Waals surface area contributed by atoms with E-state index in [4.69, 9.17) is 4.74 Å².